The lowest BCUT2D eigenvalue weighted by molar-refractivity contribution is 0.276. The van der Waals surface area contributed by atoms with Gasteiger partial charge in [-0.2, -0.15) is 12.7 Å². The summed E-state index contributed by atoms with van der Waals surface area (Å²) >= 11 is 0. The molecule has 118 valence electrons. The normalized spacial score (nSPS) is 18.0. The first-order valence-corrected chi connectivity index (χ1v) is 8.95. The fourth-order valence-corrected chi connectivity index (χ4v) is 3.90. The highest BCUT2D eigenvalue weighted by Crippen LogP contribution is 2.17. The van der Waals surface area contributed by atoms with Crippen molar-refractivity contribution in [3.05, 3.63) is 35.4 Å². The average molecular weight is 311 g/mol. The van der Waals surface area contributed by atoms with Crippen molar-refractivity contribution in [3.63, 3.8) is 0 Å². The summed E-state index contributed by atoms with van der Waals surface area (Å²) in [6, 6.07) is 8.14. The van der Waals surface area contributed by atoms with Crippen LogP contribution in [0, 0.1) is 12.8 Å². The standard InChI is InChI=1S/C15H25N3O2S/c1-13-3-2-4-14(11-13)5-8-17-21(19,20)18-9-6-15(12-16)7-10-18/h2-4,11,15,17H,5-10,12,16H2,1H3. The summed E-state index contributed by atoms with van der Waals surface area (Å²) in [5, 5.41) is 0. The van der Waals surface area contributed by atoms with Crippen LogP contribution in [0.3, 0.4) is 0 Å². The van der Waals surface area contributed by atoms with Crippen molar-refractivity contribution in [1.82, 2.24) is 9.03 Å². The molecule has 1 saturated heterocycles. The second-order valence-corrected chi connectivity index (χ2v) is 7.47. The smallest absolute Gasteiger partial charge is 0.279 e. The van der Waals surface area contributed by atoms with Crippen LogP contribution in [0.5, 0.6) is 0 Å². The van der Waals surface area contributed by atoms with Crippen LogP contribution in [0.15, 0.2) is 24.3 Å². The molecular weight excluding hydrogens is 286 g/mol. The minimum atomic E-state index is -3.35. The molecule has 5 nitrogen and oxygen atoms in total. The highest BCUT2D eigenvalue weighted by molar-refractivity contribution is 7.87. The minimum Gasteiger partial charge on any atom is -0.330 e. The van der Waals surface area contributed by atoms with Crippen molar-refractivity contribution in [2.45, 2.75) is 26.2 Å². The fourth-order valence-electron chi connectivity index (χ4n) is 2.67. The summed E-state index contributed by atoms with van der Waals surface area (Å²) in [6.07, 6.45) is 2.42. The molecule has 1 aromatic carbocycles. The Morgan fingerprint density at radius 2 is 2.05 bits per heavy atom. The van der Waals surface area contributed by atoms with Crippen LogP contribution in [-0.2, 0) is 16.6 Å². The Labute approximate surface area is 127 Å². The molecule has 0 saturated carbocycles. The molecule has 0 aliphatic carbocycles. The predicted octanol–water partition coefficient (Wildman–Crippen LogP) is 1.04. The van der Waals surface area contributed by atoms with E-state index in [-0.39, 0.29) is 0 Å². The summed E-state index contributed by atoms with van der Waals surface area (Å²) in [4.78, 5) is 0. The van der Waals surface area contributed by atoms with E-state index in [0.29, 0.717) is 38.5 Å². The fraction of sp³-hybridized carbons (Fsp3) is 0.600. The number of nitrogens with two attached hydrogens (primary N) is 1. The van der Waals surface area contributed by atoms with Gasteiger partial charge >= 0.3 is 0 Å². The summed E-state index contributed by atoms with van der Waals surface area (Å²) in [5.74, 6) is 0.462. The number of hydrogen-bond donors (Lipinski definition) is 2. The lowest BCUT2D eigenvalue weighted by Gasteiger charge is -2.30. The van der Waals surface area contributed by atoms with E-state index in [9.17, 15) is 8.42 Å². The number of rotatable bonds is 6. The molecule has 0 aromatic heterocycles. The van der Waals surface area contributed by atoms with Crippen LogP contribution in [0.2, 0.25) is 0 Å². The molecule has 0 spiro atoms. The number of piperidine rings is 1. The molecule has 0 atom stereocenters. The SMILES string of the molecule is Cc1cccc(CCNS(=O)(=O)N2CCC(CN)CC2)c1. The maximum absolute atomic E-state index is 12.2. The first kappa shape index (κ1) is 16.4. The monoisotopic (exact) mass is 311 g/mol. The van der Waals surface area contributed by atoms with Gasteiger partial charge in [0.05, 0.1) is 0 Å². The van der Waals surface area contributed by atoms with Gasteiger partial charge in [-0.3, -0.25) is 0 Å². The maximum Gasteiger partial charge on any atom is 0.279 e. The van der Waals surface area contributed by atoms with Crippen LogP contribution in [0.1, 0.15) is 24.0 Å². The van der Waals surface area contributed by atoms with Crippen molar-refractivity contribution in [3.8, 4) is 0 Å². The molecule has 2 rings (SSSR count). The Balaban J connectivity index is 1.82. The predicted molar refractivity (Wildman–Crippen MR) is 85.2 cm³/mol. The van der Waals surface area contributed by atoms with Gasteiger partial charge in [0.15, 0.2) is 0 Å². The second-order valence-electron chi connectivity index (χ2n) is 5.72. The van der Waals surface area contributed by atoms with Gasteiger partial charge in [0.1, 0.15) is 0 Å². The third-order valence-electron chi connectivity index (χ3n) is 4.03. The van der Waals surface area contributed by atoms with Gasteiger partial charge in [0, 0.05) is 19.6 Å². The first-order chi connectivity index (χ1) is 10.0. The Kier molecular flexibility index (Phi) is 5.75. The topological polar surface area (TPSA) is 75.4 Å². The van der Waals surface area contributed by atoms with Crippen LogP contribution < -0.4 is 10.5 Å². The molecular formula is C15H25N3O2S. The number of nitrogens with zero attached hydrogens (tertiary/aromatic N) is 1. The van der Waals surface area contributed by atoms with E-state index in [1.165, 1.54) is 9.87 Å². The lowest BCUT2D eigenvalue weighted by atomic mass is 9.99. The van der Waals surface area contributed by atoms with Crippen LogP contribution in [0.4, 0.5) is 0 Å². The first-order valence-electron chi connectivity index (χ1n) is 7.51. The largest absolute Gasteiger partial charge is 0.330 e. The number of hydrogen-bond acceptors (Lipinski definition) is 3. The number of nitrogens with one attached hydrogen (secondary N) is 1. The summed E-state index contributed by atoms with van der Waals surface area (Å²) in [7, 11) is -3.35. The van der Waals surface area contributed by atoms with Gasteiger partial charge in [-0.15, -0.1) is 0 Å². The Morgan fingerprint density at radius 3 is 2.67 bits per heavy atom. The molecule has 21 heavy (non-hydrogen) atoms. The molecule has 1 aliphatic heterocycles. The van der Waals surface area contributed by atoms with Crippen LogP contribution in [-0.4, -0.2) is 38.9 Å². The van der Waals surface area contributed by atoms with E-state index in [1.807, 2.05) is 25.1 Å². The van der Waals surface area contributed by atoms with Gasteiger partial charge in [0.2, 0.25) is 0 Å². The molecule has 6 heteroatoms. The Hall–Kier alpha value is -0.950. The molecule has 3 N–H and O–H groups in total. The van der Waals surface area contributed by atoms with E-state index in [4.69, 9.17) is 5.73 Å². The second kappa shape index (κ2) is 7.35. The van der Waals surface area contributed by atoms with Crippen LogP contribution in [0.25, 0.3) is 0 Å². The van der Waals surface area contributed by atoms with Crippen molar-refractivity contribution in [2.75, 3.05) is 26.2 Å². The molecule has 1 aromatic rings. The van der Waals surface area contributed by atoms with Crippen molar-refractivity contribution in [2.24, 2.45) is 11.7 Å². The number of aryl methyl sites for hydroxylation is 1. The van der Waals surface area contributed by atoms with Gasteiger partial charge in [-0.05, 0) is 44.2 Å². The zero-order valence-electron chi connectivity index (χ0n) is 12.6. The molecule has 0 unspecified atom stereocenters. The van der Waals surface area contributed by atoms with Gasteiger partial charge in [-0.25, -0.2) is 4.72 Å². The van der Waals surface area contributed by atoms with Gasteiger partial charge in [-0.1, -0.05) is 29.8 Å². The third kappa shape index (κ3) is 4.78. The van der Waals surface area contributed by atoms with E-state index >= 15 is 0 Å². The highest BCUT2D eigenvalue weighted by Gasteiger charge is 2.26. The molecule has 1 fully saturated rings. The van der Waals surface area contributed by atoms with Crippen molar-refractivity contribution < 1.29 is 8.42 Å². The van der Waals surface area contributed by atoms with Crippen molar-refractivity contribution in [1.29, 1.82) is 0 Å². The third-order valence-corrected chi connectivity index (χ3v) is 5.64. The van der Waals surface area contributed by atoms with E-state index in [0.717, 1.165) is 18.4 Å². The molecule has 1 heterocycles. The highest BCUT2D eigenvalue weighted by atomic mass is 32.2. The molecule has 0 bridgehead atoms. The Bertz CT molecular complexity index is 552. The lowest BCUT2D eigenvalue weighted by Crippen LogP contribution is -2.46. The molecule has 1 aliphatic rings. The molecule has 0 amide bonds. The molecule has 0 radical (unpaired) electrons. The van der Waals surface area contributed by atoms with E-state index < -0.39 is 10.2 Å². The van der Waals surface area contributed by atoms with Crippen molar-refractivity contribution >= 4 is 10.2 Å². The number of benzene rings is 1. The zero-order valence-corrected chi connectivity index (χ0v) is 13.4. The minimum absolute atomic E-state index is 0.433. The summed E-state index contributed by atoms with van der Waals surface area (Å²) < 4.78 is 28.7. The van der Waals surface area contributed by atoms with Crippen LogP contribution >= 0.6 is 0 Å². The average Bonchev–Trinajstić information content (AvgIpc) is 2.47. The zero-order chi connectivity index (χ0) is 15.3. The van der Waals surface area contributed by atoms with E-state index in [1.54, 1.807) is 0 Å². The maximum atomic E-state index is 12.2. The van der Waals surface area contributed by atoms with Gasteiger partial charge < -0.3 is 5.73 Å². The van der Waals surface area contributed by atoms with Gasteiger partial charge in [0.25, 0.3) is 10.2 Å². The summed E-state index contributed by atoms with van der Waals surface area (Å²) in [6.45, 7) is 4.26. The summed E-state index contributed by atoms with van der Waals surface area (Å²) in [5.41, 5.74) is 7.98. The Morgan fingerprint density at radius 1 is 1.33 bits per heavy atom. The van der Waals surface area contributed by atoms with E-state index in [2.05, 4.69) is 10.8 Å². The quantitative estimate of drug-likeness (QED) is 0.824.